The molecule has 3 rings (SSSR count). The summed E-state index contributed by atoms with van der Waals surface area (Å²) in [5.74, 6) is -0.0325. The SMILES string of the molecule is Cc1ccc2sccc2c1-c1c(O)c(C)nn(C)c1=O. The zero-order chi connectivity index (χ0) is 14.4. The maximum atomic E-state index is 12.4. The van der Waals surface area contributed by atoms with Crippen LogP contribution in [0.5, 0.6) is 5.75 Å². The first kappa shape index (κ1) is 12.9. The van der Waals surface area contributed by atoms with Crippen molar-refractivity contribution in [2.75, 3.05) is 0 Å². The highest BCUT2D eigenvalue weighted by Crippen LogP contribution is 2.37. The van der Waals surface area contributed by atoms with Crippen LogP contribution < -0.4 is 5.56 Å². The lowest BCUT2D eigenvalue weighted by Crippen LogP contribution is -2.22. The van der Waals surface area contributed by atoms with Crippen molar-refractivity contribution in [1.29, 1.82) is 0 Å². The van der Waals surface area contributed by atoms with Crippen molar-refractivity contribution in [1.82, 2.24) is 9.78 Å². The molecule has 4 nitrogen and oxygen atoms in total. The molecule has 102 valence electrons. The summed E-state index contributed by atoms with van der Waals surface area (Å²) in [6.07, 6.45) is 0. The van der Waals surface area contributed by atoms with Crippen LogP contribution in [0.2, 0.25) is 0 Å². The number of thiophene rings is 1. The van der Waals surface area contributed by atoms with Crippen LogP contribution in [0.3, 0.4) is 0 Å². The zero-order valence-corrected chi connectivity index (χ0v) is 12.3. The second-order valence-electron chi connectivity index (χ2n) is 4.83. The zero-order valence-electron chi connectivity index (χ0n) is 11.5. The van der Waals surface area contributed by atoms with Gasteiger partial charge in [0.05, 0.1) is 5.56 Å². The Kier molecular flexibility index (Phi) is 2.87. The van der Waals surface area contributed by atoms with Gasteiger partial charge in [0.25, 0.3) is 5.56 Å². The molecule has 1 aromatic carbocycles. The van der Waals surface area contributed by atoms with Crippen LogP contribution in [-0.2, 0) is 7.05 Å². The minimum absolute atomic E-state index is 0.0325. The predicted octanol–water partition coefficient (Wildman–Crippen LogP) is 2.98. The molecular formula is C15H14N2O2S. The Hall–Kier alpha value is -2.14. The van der Waals surface area contributed by atoms with E-state index in [4.69, 9.17) is 0 Å². The lowest BCUT2D eigenvalue weighted by atomic mass is 9.97. The number of rotatable bonds is 1. The normalized spacial score (nSPS) is 11.2. The largest absolute Gasteiger partial charge is 0.505 e. The number of aromatic nitrogens is 2. The van der Waals surface area contributed by atoms with E-state index >= 15 is 0 Å². The summed E-state index contributed by atoms with van der Waals surface area (Å²) in [5, 5.41) is 17.3. The maximum Gasteiger partial charge on any atom is 0.278 e. The van der Waals surface area contributed by atoms with Crippen LogP contribution in [0, 0.1) is 13.8 Å². The molecule has 20 heavy (non-hydrogen) atoms. The minimum Gasteiger partial charge on any atom is -0.505 e. The van der Waals surface area contributed by atoms with Gasteiger partial charge in [0.15, 0.2) is 5.75 Å². The second-order valence-corrected chi connectivity index (χ2v) is 5.78. The first-order chi connectivity index (χ1) is 9.50. The molecule has 0 fully saturated rings. The van der Waals surface area contributed by atoms with Crippen molar-refractivity contribution in [3.63, 3.8) is 0 Å². The van der Waals surface area contributed by atoms with Crippen LogP contribution in [0.15, 0.2) is 28.4 Å². The van der Waals surface area contributed by atoms with Gasteiger partial charge in [0.1, 0.15) is 5.69 Å². The fourth-order valence-corrected chi connectivity index (χ4v) is 3.27. The summed E-state index contributed by atoms with van der Waals surface area (Å²) in [7, 11) is 1.60. The molecule has 0 saturated carbocycles. The third-order valence-electron chi connectivity index (χ3n) is 3.48. The average Bonchev–Trinajstić information content (AvgIpc) is 2.87. The average molecular weight is 286 g/mol. The number of aromatic hydroxyl groups is 1. The molecule has 0 atom stereocenters. The summed E-state index contributed by atoms with van der Waals surface area (Å²) in [6, 6.07) is 5.99. The van der Waals surface area contributed by atoms with Crippen LogP contribution in [-0.4, -0.2) is 14.9 Å². The highest BCUT2D eigenvalue weighted by atomic mass is 32.1. The number of aryl methyl sites for hydroxylation is 3. The van der Waals surface area contributed by atoms with Gasteiger partial charge in [-0.05, 0) is 36.9 Å². The van der Waals surface area contributed by atoms with E-state index < -0.39 is 0 Å². The van der Waals surface area contributed by atoms with Gasteiger partial charge in [0, 0.05) is 22.7 Å². The van der Waals surface area contributed by atoms with E-state index in [1.807, 2.05) is 30.5 Å². The topological polar surface area (TPSA) is 55.1 Å². The molecule has 0 bridgehead atoms. The molecule has 0 aliphatic rings. The smallest absolute Gasteiger partial charge is 0.278 e. The number of fused-ring (bicyclic) bond motifs is 1. The minimum atomic E-state index is -0.282. The Balaban J connectivity index is 2.52. The Morgan fingerprint density at radius 2 is 1.95 bits per heavy atom. The van der Waals surface area contributed by atoms with Crippen LogP contribution in [0.4, 0.5) is 0 Å². The summed E-state index contributed by atoms with van der Waals surface area (Å²) < 4.78 is 2.37. The van der Waals surface area contributed by atoms with Gasteiger partial charge in [-0.1, -0.05) is 6.07 Å². The Morgan fingerprint density at radius 3 is 2.70 bits per heavy atom. The molecule has 0 spiro atoms. The van der Waals surface area contributed by atoms with E-state index in [1.165, 1.54) is 4.68 Å². The molecule has 1 N–H and O–H groups in total. The van der Waals surface area contributed by atoms with Crippen LogP contribution in [0.1, 0.15) is 11.3 Å². The molecule has 5 heteroatoms. The molecule has 2 aromatic heterocycles. The molecular weight excluding hydrogens is 272 g/mol. The van der Waals surface area contributed by atoms with Crippen molar-refractivity contribution >= 4 is 21.4 Å². The molecule has 0 saturated heterocycles. The lowest BCUT2D eigenvalue weighted by molar-refractivity contribution is 0.460. The first-order valence-electron chi connectivity index (χ1n) is 6.24. The molecule has 0 amide bonds. The number of hydrogen-bond donors (Lipinski definition) is 1. The fourth-order valence-electron chi connectivity index (χ4n) is 2.47. The third kappa shape index (κ3) is 1.74. The molecule has 0 aliphatic carbocycles. The highest BCUT2D eigenvalue weighted by Gasteiger charge is 2.19. The van der Waals surface area contributed by atoms with Crippen molar-refractivity contribution in [2.24, 2.45) is 7.05 Å². The van der Waals surface area contributed by atoms with E-state index in [1.54, 1.807) is 25.3 Å². The quantitative estimate of drug-likeness (QED) is 0.748. The summed E-state index contributed by atoms with van der Waals surface area (Å²) in [4.78, 5) is 12.4. The van der Waals surface area contributed by atoms with E-state index in [9.17, 15) is 9.90 Å². The Labute approximate surface area is 119 Å². The summed E-state index contributed by atoms with van der Waals surface area (Å²) in [6.45, 7) is 3.64. The molecule has 2 heterocycles. The van der Waals surface area contributed by atoms with E-state index in [0.29, 0.717) is 11.3 Å². The molecule has 0 unspecified atom stereocenters. The maximum absolute atomic E-state index is 12.4. The van der Waals surface area contributed by atoms with Crippen molar-refractivity contribution in [2.45, 2.75) is 13.8 Å². The third-order valence-corrected chi connectivity index (χ3v) is 4.36. The first-order valence-corrected chi connectivity index (χ1v) is 7.12. The Morgan fingerprint density at radius 1 is 1.20 bits per heavy atom. The van der Waals surface area contributed by atoms with E-state index in [2.05, 4.69) is 5.10 Å². The molecule has 3 aromatic rings. The van der Waals surface area contributed by atoms with Gasteiger partial charge in [0.2, 0.25) is 0 Å². The molecule has 0 radical (unpaired) electrons. The summed E-state index contributed by atoms with van der Waals surface area (Å²) in [5.41, 5.74) is 2.27. The number of benzene rings is 1. The van der Waals surface area contributed by atoms with E-state index in [-0.39, 0.29) is 11.3 Å². The Bertz CT molecular complexity index is 877. The fraction of sp³-hybridized carbons (Fsp3) is 0.200. The monoisotopic (exact) mass is 286 g/mol. The van der Waals surface area contributed by atoms with Gasteiger partial charge >= 0.3 is 0 Å². The number of nitrogens with zero attached hydrogens (tertiary/aromatic N) is 2. The predicted molar refractivity (Wildman–Crippen MR) is 81.4 cm³/mol. The van der Waals surface area contributed by atoms with Gasteiger partial charge in [-0.3, -0.25) is 4.79 Å². The van der Waals surface area contributed by atoms with Gasteiger partial charge in [-0.2, -0.15) is 5.10 Å². The lowest BCUT2D eigenvalue weighted by Gasteiger charge is -2.12. The van der Waals surface area contributed by atoms with E-state index in [0.717, 1.165) is 21.2 Å². The van der Waals surface area contributed by atoms with Gasteiger partial charge in [-0.25, -0.2) is 4.68 Å². The van der Waals surface area contributed by atoms with Crippen molar-refractivity contribution < 1.29 is 5.11 Å². The van der Waals surface area contributed by atoms with Crippen molar-refractivity contribution in [3.05, 3.63) is 45.2 Å². The van der Waals surface area contributed by atoms with Crippen LogP contribution in [0.25, 0.3) is 21.2 Å². The summed E-state index contributed by atoms with van der Waals surface area (Å²) >= 11 is 1.62. The second kappa shape index (κ2) is 4.45. The van der Waals surface area contributed by atoms with Gasteiger partial charge in [-0.15, -0.1) is 11.3 Å². The number of hydrogen-bond acceptors (Lipinski definition) is 4. The van der Waals surface area contributed by atoms with Gasteiger partial charge < -0.3 is 5.11 Å². The van der Waals surface area contributed by atoms with Crippen molar-refractivity contribution in [3.8, 4) is 16.9 Å². The standard InChI is InChI=1S/C15H14N2O2S/c1-8-4-5-11-10(6-7-20-11)12(8)13-14(18)9(2)16-17(3)15(13)19/h4-7,18H,1-3H3. The van der Waals surface area contributed by atoms with Crippen LogP contribution >= 0.6 is 11.3 Å². The highest BCUT2D eigenvalue weighted by molar-refractivity contribution is 7.17. The molecule has 0 aliphatic heterocycles.